The second-order valence-electron chi connectivity index (χ2n) is 3.66. The van der Waals surface area contributed by atoms with Gasteiger partial charge in [0.25, 0.3) is 0 Å². The molecule has 0 unspecified atom stereocenters. The van der Waals surface area contributed by atoms with Crippen molar-refractivity contribution in [3.05, 3.63) is 23.8 Å². The molecule has 0 aliphatic rings. The van der Waals surface area contributed by atoms with Crippen LogP contribution in [-0.2, 0) is 9.53 Å². The molecule has 0 aliphatic carbocycles. The second-order valence-corrected chi connectivity index (χ2v) is 4.79. The van der Waals surface area contributed by atoms with Crippen LogP contribution in [0.5, 0.6) is 5.75 Å². The minimum absolute atomic E-state index is 0.0691. The Morgan fingerprint density at radius 2 is 2.16 bits per heavy atom. The van der Waals surface area contributed by atoms with Crippen LogP contribution in [0.25, 0.3) is 0 Å². The number of ether oxygens (including phenoxy) is 1. The van der Waals surface area contributed by atoms with Gasteiger partial charge < -0.3 is 15.6 Å². The van der Waals surface area contributed by atoms with E-state index in [0.717, 1.165) is 18.2 Å². The van der Waals surface area contributed by atoms with Gasteiger partial charge in [0.05, 0.1) is 13.5 Å². The van der Waals surface area contributed by atoms with Crippen LogP contribution in [0, 0.1) is 0 Å². The third kappa shape index (κ3) is 4.99. The first-order chi connectivity index (χ1) is 8.73. The fourth-order valence-corrected chi connectivity index (χ4v) is 1.99. The molecule has 0 saturated carbocycles. The average molecular weight is 295 g/mol. The van der Waals surface area contributed by atoms with E-state index in [-0.39, 0.29) is 34.4 Å². The van der Waals surface area contributed by atoms with Gasteiger partial charge in [-0.3, -0.25) is 4.79 Å². The fourth-order valence-electron chi connectivity index (χ4n) is 1.40. The van der Waals surface area contributed by atoms with E-state index >= 15 is 0 Å². The van der Waals surface area contributed by atoms with E-state index in [2.05, 4.69) is 4.74 Å². The summed E-state index contributed by atoms with van der Waals surface area (Å²) in [7, 11) is 1.17. The Morgan fingerprint density at radius 1 is 1.53 bits per heavy atom. The average Bonchev–Trinajstić information content (AvgIpc) is 2.29. The lowest BCUT2D eigenvalue weighted by Gasteiger charge is -2.14. The third-order valence-electron chi connectivity index (χ3n) is 2.25. The smallest absolute Gasteiger partial charge is 0.446 e. The molecule has 1 aromatic rings. The Bertz CT molecular complexity index is 465. The Labute approximate surface area is 111 Å². The maximum Gasteiger partial charge on any atom is 0.446 e. The van der Waals surface area contributed by atoms with Crippen LogP contribution in [0.3, 0.4) is 0 Å². The van der Waals surface area contributed by atoms with Crippen LogP contribution >= 0.6 is 11.8 Å². The molecule has 8 heteroatoms. The van der Waals surface area contributed by atoms with Crippen molar-refractivity contribution in [1.82, 2.24) is 0 Å². The van der Waals surface area contributed by atoms with Crippen LogP contribution in [0.1, 0.15) is 18.0 Å². The van der Waals surface area contributed by atoms with Gasteiger partial charge in [-0.25, -0.2) is 0 Å². The van der Waals surface area contributed by atoms with E-state index in [0.29, 0.717) is 0 Å². The normalized spacial score (nSPS) is 13.1. The first-order valence-corrected chi connectivity index (χ1v) is 5.95. The Balaban J connectivity index is 2.93. The summed E-state index contributed by atoms with van der Waals surface area (Å²) in [5.74, 6) is -0.872. The quantitative estimate of drug-likeness (QED) is 0.660. The van der Waals surface area contributed by atoms with Gasteiger partial charge >= 0.3 is 11.5 Å². The van der Waals surface area contributed by atoms with Crippen molar-refractivity contribution in [1.29, 1.82) is 0 Å². The molecule has 0 spiro atoms. The minimum Gasteiger partial charge on any atom is -0.508 e. The molecule has 3 N–H and O–H groups in total. The molecule has 0 aromatic heterocycles. The molecule has 0 radical (unpaired) electrons. The summed E-state index contributed by atoms with van der Waals surface area (Å²) in [5, 5.41) is 9.57. The van der Waals surface area contributed by atoms with Gasteiger partial charge in [-0.05, 0) is 30.0 Å². The molecular weight excluding hydrogens is 283 g/mol. The van der Waals surface area contributed by atoms with E-state index < -0.39 is 17.5 Å². The lowest BCUT2D eigenvalue weighted by molar-refractivity contribution is -0.141. The number of alkyl halides is 3. The van der Waals surface area contributed by atoms with E-state index in [1.807, 2.05) is 0 Å². The zero-order chi connectivity index (χ0) is 14.6. The van der Waals surface area contributed by atoms with Gasteiger partial charge in [-0.1, -0.05) is 0 Å². The molecule has 0 fully saturated rings. The lowest BCUT2D eigenvalue weighted by Crippen LogP contribution is -2.16. The highest BCUT2D eigenvalue weighted by atomic mass is 32.2. The molecule has 1 atom stereocenters. The molecule has 1 rings (SSSR count). The number of carbonyl (C=O) groups excluding carboxylic acids is 1. The highest BCUT2D eigenvalue weighted by molar-refractivity contribution is 8.00. The molecule has 0 bridgehead atoms. The number of carbonyl (C=O) groups is 1. The molecular formula is C11H12F3NO3S. The van der Waals surface area contributed by atoms with Crippen molar-refractivity contribution in [2.75, 3.05) is 7.11 Å². The van der Waals surface area contributed by atoms with Crippen molar-refractivity contribution in [2.24, 2.45) is 5.73 Å². The van der Waals surface area contributed by atoms with Gasteiger partial charge in [0.1, 0.15) is 5.75 Å². The zero-order valence-corrected chi connectivity index (χ0v) is 10.7. The number of phenolic OH excluding ortho intramolecular Hbond substituents is 1. The van der Waals surface area contributed by atoms with E-state index in [1.54, 1.807) is 0 Å². The van der Waals surface area contributed by atoms with Crippen molar-refractivity contribution in [3.8, 4) is 5.75 Å². The molecule has 4 nitrogen and oxygen atoms in total. The molecule has 19 heavy (non-hydrogen) atoms. The molecule has 0 amide bonds. The van der Waals surface area contributed by atoms with Crippen LogP contribution in [0.2, 0.25) is 0 Å². The number of nitrogens with two attached hydrogens (primary N) is 1. The lowest BCUT2D eigenvalue weighted by atomic mass is 10.0. The van der Waals surface area contributed by atoms with E-state index in [1.165, 1.54) is 7.11 Å². The number of phenols is 1. The van der Waals surface area contributed by atoms with Crippen LogP contribution in [0.15, 0.2) is 23.1 Å². The number of rotatable bonds is 4. The Kier molecular flexibility index (Phi) is 5.07. The van der Waals surface area contributed by atoms with Gasteiger partial charge in [0, 0.05) is 16.5 Å². The summed E-state index contributed by atoms with van der Waals surface area (Å²) in [5.41, 5.74) is 1.29. The summed E-state index contributed by atoms with van der Waals surface area (Å²) in [6, 6.07) is 2.42. The maximum atomic E-state index is 12.2. The third-order valence-corrected chi connectivity index (χ3v) is 2.97. The molecule has 106 valence electrons. The number of halogens is 3. The predicted molar refractivity (Wildman–Crippen MR) is 63.6 cm³/mol. The Morgan fingerprint density at radius 3 is 2.68 bits per heavy atom. The molecule has 0 aliphatic heterocycles. The number of benzene rings is 1. The summed E-state index contributed by atoms with van der Waals surface area (Å²) in [6.07, 6.45) is -0.232. The number of methoxy groups -OCH3 is 1. The number of hydrogen-bond acceptors (Lipinski definition) is 5. The van der Waals surface area contributed by atoms with E-state index in [4.69, 9.17) is 5.73 Å². The van der Waals surface area contributed by atoms with Crippen molar-refractivity contribution >= 4 is 17.7 Å². The molecule has 1 aromatic carbocycles. The van der Waals surface area contributed by atoms with Crippen molar-refractivity contribution < 1.29 is 27.8 Å². The standard InChI is InChI=1S/C11H12F3NO3S/c1-18-10(17)5-8(15)7-4-6(2-3-9(7)16)19-11(12,13)14/h2-4,8,16H,5,15H2,1H3/t8-/m0/s1. The molecule has 0 heterocycles. The topological polar surface area (TPSA) is 72.5 Å². The first kappa shape index (κ1) is 15.6. The van der Waals surface area contributed by atoms with Crippen molar-refractivity contribution in [2.45, 2.75) is 22.9 Å². The van der Waals surface area contributed by atoms with Crippen molar-refractivity contribution in [3.63, 3.8) is 0 Å². The number of hydrogen-bond donors (Lipinski definition) is 2. The fraction of sp³-hybridized carbons (Fsp3) is 0.364. The summed E-state index contributed by atoms with van der Waals surface area (Å²) < 4.78 is 41.1. The monoisotopic (exact) mass is 295 g/mol. The minimum atomic E-state index is -4.43. The summed E-state index contributed by atoms with van der Waals surface area (Å²) >= 11 is -0.317. The summed E-state index contributed by atoms with van der Waals surface area (Å²) in [4.78, 5) is 10.9. The zero-order valence-electron chi connectivity index (χ0n) is 9.90. The predicted octanol–water partition coefficient (Wildman–Crippen LogP) is 2.57. The van der Waals surface area contributed by atoms with E-state index in [9.17, 15) is 23.1 Å². The Hall–Kier alpha value is -1.41. The van der Waals surface area contributed by atoms with Gasteiger partial charge in [-0.15, -0.1) is 0 Å². The number of aromatic hydroxyl groups is 1. The highest BCUT2D eigenvalue weighted by Crippen LogP contribution is 2.39. The van der Waals surface area contributed by atoms with Crippen LogP contribution in [0.4, 0.5) is 13.2 Å². The molecule has 0 saturated heterocycles. The largest absolute Gasteiger partial charge is 0.508 e. The van der Waals surface area contributed by atoms with Crippen LogP contribution in [-0.4, -0.2) is 23.7 Å². The van der Waals surface area contributed by atoms with Gasteiger partial charge in [0.15, 0.2) is 0 Å². The number of thioether (sulfide) groups is 1. The van der Waals surface area contributed by atoms with Gasteiger partial charge in [-0.2, -0.15) is 13.2 Å². The first-order valence-electron chi connectivity index (χ1n) is 5.14. The summed E-state index contributed by atoms with van der Waals surface area (Å²) in [6.45, 7) is 0. The second kappa shape index (κ2) is 6.16. The maximum absolute atomic E-state index is 12.2. The highest BCUT2D eigenvalue weighted by Gasteiger charge is 2.29. The van der Waals surface area contributed by atoms with Crippen LogP contribution < -0.4 is 5.73 Å². The SMILES string of the molecule is COC(=O)C[C@H](N)c1cc(SC(F)(F)F)ccc1O. The van der Waals surface area contributed by atoms with Gasteiger partial charge in [0.2, 0.25) is 0 Å². The number of esters is 1.